The van der Waals surface area contributed by atoms with Crippen molar-refractivity contribution in [3.05, 3.63) is 35.6 Å². The number of hydrogen-bond acceptors (Lipinski definition) is 5. The Morgan fingerprint density at radius 2 is 1.66 bits per heavy atom. The molecule has 0 aromatic heterocycles. The number of ether oxygens (including phenoxy) is 1. The zero-order valence-electron chi connectivity index (χ0n) is 31.8. The van der Waals surface area contributed by atoms with Gasteiger partial charge in [0.05, 0.1) is 17.4 Å². The Balaban J connectivity index is 1.29. The molecule has 5 fully saturated rings. The summed E-state index contributed by atoms with van der Waals surface area (Å²) in [5.41, 5.74) is -1.75. The fourth-order valence-electron chi connectivity index (χ4n) is 13.2. The number of rotatable bonds is 7. The van der Waals surface area contributed by atoms with Gasteiger partial charge in [0.25, 0.3) is 5.91 Å². The summed E-state index contributed by atoms with van der Waals surface area (Å²) in [6.45, 7) is 19.4. The smallest absolute Gasteiger partial charge is 0.309 e. The average Bonchev–Trinajstić information content (AvgIpc) is 3.30. The average molecular weight is 694 g/mol. The standard InChI is InChI=1S/C42H60FNO6/c1-24(2)33-28(45)22-42(44-35(47)25-11-10-12-26(43)21-25)20-19-40(8)27(34(33)42)13-14-30-39(7)17-16-31(50-32(46)23-37(3,4)36(48)49)38(5,6)29(39)15-18-41(30,40)9/h10-12,21,24,27,29-31,33-34H,13-20,22-23H2,1-9H3,(H,44,47)(H,48,49)/t27?,29?,30?,31-,33?,34?,39-,40+,41+,42+/m0/s1. The summed E-state index contributed by atoms with van der Waals surface area (Å²) >= 11 is 0. The van der Waals surface area contributed by atoms with E-state index in [2.05, 4.69) is 53.8 Å². The molecule has 2 N–H and O–H groups in total. The van der Waals surface area contributed by atoms with Crippen molar-refractivity contribution in [2.24, 2.45) is 62.6 Å². The van der Waals surface area contributed by atoms with E-state index in [9.17, 15) is 28.7 Å². The van der Waals surface area contributed by atoms with Crippen LogP contribution in [0.4, 0.5) is 4.39 Å². The predicted molar refractivity (Wildman–Crippen MR) is 189 cm³/mol. The highest BCUT2D eigenvalue weighted by Crippen LogP contribution is 2.76. The van der Waals surface area contributed by atoms with Gasteiger partial charge in [-0.25, -0.2) is 4.39 Å². The van der Waals surface area contributed by atoms with Gasteiger partial charge in [-0.15, -0.1) is 0 Å². The number of esters is 1. The first-order valence-electron chi connectivity index (χ1n) is 19.2. The molecule has 0 aliphatic heterocycles. The van der Waals surface area contributed by atoms with Crippen LogP contribution in [0.2, 0.25) is 0 Å². The number of carbonyl (C=O) groups is 4. The van der Waals surface area contributed by atoms with Crippen LogP contribution in [-0.2, 0) is 19.1 Å². The molecule has 5 unspecified atom stereocenters. The van der Waals surface area contributed by atoms with Crippen molar-refractivity contribution in [2.75, 3.05) is 0 Å². The lowest BCUT2D eigenvalue weighted by atomic mass is 9.32. The normalized spacial score (nSPS) is 40.6. The van der Waals surface area contributed by atoms with Gasteiger partial charge in [0, 0.05) is 23.3 Å². The minimum atomic E-state index is -1.18. The van der Waals surface area contributed by atoms with E-state index < -0.39 is 28.7 Å². The number of Topliss-reactive ketones (excluding diaryl/α,β-unsaturated/α-hetero) is 1. The largest absolute Gasteiger partial charge is 0.481 e. The van der Waals surface area contributed by atoms with Gasteiger partial charge >= 0.3 is 11.9 Å². The molecule has 5 saturated carbocycles. The van der Waals surface area contributed by atoms with Crippen molar-refractivity contribution in [3.63, 3.8) is 0 Å². The molecule has 0 spiro atoms. The molecule has 0 saturated heterocycles. The second-order valence-corrected chi connectivity index (χ2v) is 19.4. The molecule has 0 radical (unpaired) electrons. The van der Waals surface area contributed by atoms with Crippen LogP contribution in [-0.4, -0.2) is 40.4 Å². The monoisotopic (exact) mass is 693 g/mol. The lowest BCUT2D eigenvalue weighted by Gasteiger charge is -2.73. The highest BCUT2D eigenvalue weighted by molar-refractivity contribution is 5.96. The van der Waals surface area contributed by atoms with Crippen LogP contribution in [0.15, 0.2) is 24.3 Å². The number of benzene rings is 1. The fourth-order valence-corrected chi connectivity index (χ4v) is 13.2. The van der Waals surface area contributed by atoms with E-state index in [4.69, 9.17) is 4.74 Å². The Hall–Kier alpha value is -2.77. The maximum atomic E-state index is 14.2. The molecule has 0 bridgehead atoms. The minimum absolute atomic E-state index is 0.0243. The molecule has 6 rings (SSSR count). The van der Waals surface area contributed by atoms with Gasteiger partial charge in [-0.05, 0) is 129 Å². The summed E-state index contributed by atoms with van der Waals surface area (Å²) in [7, 11) is 0. The van der Waals surface area contributed by atoms with Gasteiger partial charge < -0.3 is 15.2 Å². The molecular weight excluding hydrogens is 633 g/mol. The van der Waals surface area contributed by atoms with Crippen molar-refractivity contribution >= 4 is 23.6 Å². The Labute approximate surface area is 298 Å². The van der Waals surface area contributed by atoms with Gasteiger partial charge in [0.1, 0.15) is 17.7 Å². The predicted octanol–water partition coefficient (Wildman–Crippen LogP) is 8.64. The first kappa shape index (κ1) is 37.0. The maximum Gasteiger partial charge on any atom is 0.309 e. The van der Waals surface area contributed by atoms with Crippen LogP contribution >= 0.6 is 0 Å². The summed E-state index contributed by atoms with van der Waals surface area (Å²) in [6, 6.07) is 5.83. The molecule has 7 nitrogen and oxygen atoms in total. The highest BCUT2D eigenvalue weighted by atomic mass is 19.1. The summed E-state index contributed by atoms with van der Waals surface area (Å²) in [5.74, 6) is -0.812. The first-order valence-corrected chi connectivity index (χ1v) is 19.2. The molecule has 1 aromatic carbocycles. The van der Waals surface area contributed by atoms with E-state index in [-0.39, 0.29) is 69.5 Å². The topological polar surface area (TPSA) is 110 Å². The molecule has 0 heterocycles. The Morgan fingerprint density at radius 1 is 0.960 bits per heavy atom. The van der Waals surface area contributed by atoms with Gasteiger partial charge in [-0.1, -0.05) is 54.5 Å². The van der Waals surface area contributed by atoms with Crippen LogP contribution in [0.25, 0.3) is 0 Å². The quantitative estimate of drug-likeness (QED) is 0.277. The number of carboxylic acids is 1. The third kappa shape index (κ3) is 5.47. The number of carbonyl (C=O) groups excluding carboxylic acids is 3. The van der Waals surface area contributed by atoms with Gasteiger partial charge in [-0.3, -0.25) is 19.2 Å². The number of amides is 1. The summed E-state index contributed by atoms with van der Waals surface area (Å²) in [6.07, 6.45) is 7.42. The van der Waals surface area contributed by atoms with Crippen molar-refractivity contribution in [2.45, 2.75) is 138 Å². The number of carboxylic acid groups (broad SMARTS) is 1. The van der Waals surface area contributed by atoms with Crippen LogP contribution in [0, 0.1) is 68.4 Å². The van der Waals surface area contributed by atoms with Gasteiger partial charge in [-0.2, -0.15) is 0 Å². The molecule has 276 valence electrons. The maximum absolute atomic E-state index is 14.2. The lowest BCUT2D eigenvalue weighted by Crippen LogP contribution is -2.69. The molecule has 50 heavy (non-hydrogen) atoms. The van der Waals surface area contributed by atoms with Crippen molar-refractivity contribution in [1.29, 1.82) is 0 Å². The molecule has 5 aliphatic carbocycles. The highest BCUT2D eigenvalue weighted by Gasteiger charge is 2.72. The van der Waals surface area contributed by atoms with Crippen LogP contribution in [0.3, 0.4) is 0 Å². The number of aliphatic carboxylic acids is 1. The van der Waals surface area contributed by atoms with Crippen LogP contribution < -0.4 is 5.32 Å². The number of nitrogens with one attached hydrogen (secondary N) is 1. The summed E-state index contributed by atoms with van der Waals surface area (Å²) < 4.78 is 20.3. The number of fused-ring (bicyclic) bond motifs is 7. The van der Waals surface area contributed by atoms with E-state index in [0.717, 1.165) is 51.4 Å². The molecule has 1 aromatic rings. The zero-order valence-corrected chi connectivity index (χ0v) is 31.8. The molecule has 1 amide bonds. The molecular formula is C42H60FNO6. The fraction of sp³-hybridized carbons (Fsp3) is 0.762. The Kier molecular flexibility index (Phi) is 8.99. The number of halogens is 1. The number of hydrogen-bond donors (Lipinski definition) is 2. The number of ketones is 1. The minimum Gasteiger partial charge on any atom is -0.481 e. The zero-order chi connectivity index (χ0) is 36.8. The molecule has 5 aliphatic rings. The van der Waals surface area contributed by atoms with Gasteiger partial charge in [0.2, 0.25) is 0 Å². The van der Waals surface area contributed by atoms with Crippen LogP contribution in [0.1, 0.15) is 137 Å². The Morgan fingerprint density at radius 3 is 2.30 bits per heavy atom. The van der Waals surface area contributed by atoms with Crippen molar-refractivity contribution in [3.8, 4) is 0 Å². The van der Waals surface area contributed by atoms with Crippen molar-refractivity contribution in [1.82, 2.24) is 5.32 Å². The first-order chi connectivity index (χ1) is 23.1. The third-order valence-corrected chi connectivity index (χ3v) is 15.9. The van der Waals surface area contributed by atoms with E-state index in [1.165, 1.54) is 12.1 Å². The van der Waals surface area contributed by atoms with Crippen molar-refractivity contribution < 1.29 is 33.4 Å². The third-order valence-electron chi connectivity index (χ3n) is 15.9. The van der Waals surface area contributed by atoms with E-state index in [1.54, 1.807) is 26.0 Å². The van der Waals surface area contributed by atoms with Gasteiger partial charge in [0.15, 0.2) is 0 Å². The van der Waals surface area contributed by atoms with E-state index in [0.29, 0.717) is 23.8 Å². The van der Waals surface area contributed by atoms with E-state index >= 15 is 0 Å². The SMILES string of the molecule is CC(C)C1C(=O)C[C@]2(NC(=O)c3cccc(F)c3)CC[C@]3(C)C(CCC4[C@@]5(C)CC[C@H](OC(=O)CC(C)(C)C(=O)O)C(C)(C)C5CC[C@]43C)C12. The second kappa shape index (κ2) is 12.1. The lowest BCUT2D eigenvalue weighted by molar-refractivity contribution is -0.247. The van der Waals surface area contributed by atoms with Crippen LogP contribution in [0.5, 0.6) is 0 Å². The Bertz CT molecular complexity index is 1570. The second-order valence-electron chi connectivity index (χ2n) is 19.4. The van der Waals surface area contributed by atoms with E-state index in [1.807, 2.05) is 0 Å². The summed E-state index contributed by atoms with van der Waals surface area (Å²) in [4.78, 5) is 52.4. The molecule has 10 atom stereocenters. The summed E-state index contributed by atoms with van der Waals surface area (Å²) in [5, 5.41) is 13.0. The molecule has 8 heteroatoms.